The molecule has 0 amide bonds. The minimum absolute atomic E-state index is 0.0399. The van der Waals surface area contributed by atoms with Crippen LogP contribution in [0.5, 0.6) is 11.6 Å². The molecule has 8 heteroatoms. The molecule has 0 atom stereocenters. The highest BCUT2D eigenvalue weighted by Gasteiger charge is 2.24. The maximum Gasteiger partial charge on any atom is 0.355 e. The summed E-state index contributed by atoms with van der Waals surface area (Å²) in [6.45, 7) is 11.6. The normalized spacial score (nSPS) is 11.7. The quantitative estimate of drug-likeness (QED) is 0.293. The molecule has 172 valence electrons. The Labute approximate surface area is 189 Å². The van der Waals surface area contributed by atoms with E-state index >= 15 is 0 Å². The van der Waals surface area contributed by atoms with Crippen LogP contribution in [0.3, 0.4) is 0 Å². The number of hydrogen-bond acceptors (Lipinski definition) is 6. The fourth-order valence-corrected chi connectivity index (χ4v) is 3.37. The maximum absolute atomic E-state index is 13.2. The van der Waals surface area contributed by atoms with E-state index in [0.717, 1.165) is 24.8 Å². The number of nitrogen functional groups attached to an aromatic ring is 1. The van der Waals surface area contributed by atoms with Gasteiger partial charge < -0.3 is 15.2 Å². The third-order valence-corrected chi connectivity index (χ3v) is 5.19. The van der Waals surface area contributed by atoms with E-state index < -0.39 is 0 Å². The van der Waals surface area contributed by atoms with Crippen molar-refractivity contribution in [3.05, 3.63) is 41.5 Å². The van der Waals surface area contributed by atoms with Gasteiger partial charge in [0.1, 0.15) is 5.75 Å². The van der Waals surface area contributed by atoms with E-state index in [-0.39, 0.29) is 23.7 Å². The van der Waals surface area contributed by atoms with Gasteiger partial charge in [0.25, 0.3) is 5.88 Å². The van der Waals surface area contributed by atoms with Crippen molar-refractivity contribution in [1.82, 2.24) is 14.7 Å². The molecule has 2 N–H and O–H groups in total. The summed E-state index contributed by atoms with van der Waals surface area (Å²) in [5.41, 5.74) is 8.19. The lowest BCUT2D eigenvalue weighted by Crippen LogP contribution is -2.40. The molecule has 0 spiro atoms. The van der Waals surface area contributed by atoms with Gasteiger partial charge in [0.05, 0.1) is 13.2 Å². The number of fused-ring (bicyclic) bond motifs is 1. The van der Waals surface area contributed by atoms with Crippen molar-refractivity contribution < 1.29 is 19.0 Å². The molecule has 0 unspecified atom stereocenters. The number of unbranched alkanes of at least 4 members (excludes halogenated alkanes) is 2. The number of nitrogens with two attached hydrogens (primary N) is 1. The monoisotopic (exact) mass is 440 g/mol. The Bertz CT molecular complexity index is 1090. The van der Waals surface area contributed by atoms with Gasteiger partial charge in [-0.15, -0.1) is 4.68 Å². The summed E-state index contributed by atoms with van der Waals surface area (Å²) in [5.74, 6) is 1.29. The SMILES string of the molecule is CCCCCOc1ccc2n(n1)c(N)n[n+]2CC(=O)c1cc(OCC)cc(C(C)(C)C)c1. The second kappa shape index (κ2) is 9.97. The molecule has 3 rings (SSSR count). The average molecular weight is 441 g/mol. The maximum atomic E-state index is 13.2. The zero-order chi connectivity index (χ0) is 23.3. The van der Waals surface area contributed by atoms with E-state index in [1.807, 2.05) is 25.1 Å². The van der Waals surface area contributed by atoms with Crippen LogP contribution >= 0.6 is 0 Å². The van der Waals surface area contributed by atoms with Gasteiger partial charge in [0, 0.05) is 17.7 Å². The van der Waals surface area contributed by atoms with Crippen LogP contribution in [0, 0.1) is 0 Å². The largest absolute Gasteiger partial charge is 0.494 e. The van der Waals surface area contributed by atoms with Crippen molar-refractivity contribution in [1.29, 1.82) is 0 Å². The molecule has 0 saturated heterocycles. The molecule has 0 aliphatic heterocycles. The molecule has 8 nitrogen and oxygen atoms in total. The molecular formula is C24H34N5O3+. The summed E-state index contributed by atoms with van der Waals surface area (Å²) in [4.78, 5) is 13.2. The molecule has 2 aromatic heterocycles. The first-order valence-electron chi connectivity index (χ1n) is 11.2. The minimum atomic E-state index is -0.113. The van der Waals surface area contributed by atoms with Crippen LogP contribution in [0.25, 0.3) is 5.65 Å². The van der Waals surface area contributed by atoms with Gasteiger partial charge in [-0.3, -0.25) is 4.79 Å². The predicted octanol–water partition coefficient (Wildman–Crippen LogP) is 3.75. The van der Waals surface area contributed by atoms with Gasteiger partial charge in [0.2, 0.25) is 5.78 Å². The number of carbonyl (C=O) groups is 1. The van der Waals surface area contributed by atoms with Crippen LogP contribution in [0.4, 0.5) is 5.95 Å². The summed E-state index contributed by atoms with van der Waals surface area (Å²) in [6.07, 6.45) is 3.21. The van der Waals surface area contributed by atoms with Crippen molar-refractivity contribution in [2.45, 2.75) is 65.8 Å². The molecule has 32 heavy (non-hydrogen) atoms. The van der Waals surface area contributed by atoms with Gasteiger partial charge in [-0.05, 0) is 52.7 Å². The first-order chi connectivity index (χ1) is 15.2. The second-order valence-corrected chi connectivity index (χ2v) is 8.87. The van der Waals surface area contributed by atoms with Gasteiger partial charge in [-0.25, -0.2) is 0 Å². The Morgan fingerprint density at radius 3 is 2.59 bits per heavy atom. The molecule has 0 aliphatic rings. The Kier molecular flexibility index (Phi) is 7.33. The lowest BCUT2D eigenvalue weighted by molar-refractivity contribution is -0.714. The van der Waals surface area contributed by atoms with Crippen LogP contribution in [-0.4, -0.2) is 33.7 Å². The number of benzene rings is 1. The van der Waals surface area contributed by atoms with Gasteiger partial charge in [-0.1, -0.05) is 45.1 Å². The van der Waals surface area contributed by atoms with Crippen molar-refractivity contribution in [2.24, 2.45) is 0 Å². The van der Waals surface area contributed by atoms with Crippen LogP contribution in [-0.2, 0) is 12.0 Å². The Morgan fingerprint density at radius 1 is 1.12 bits per heavy atom. The van der Waals surface area contributed by atoms with Crippen LogP contribution in [0.2, 0.25) is 0 Å². The van der Waals surface area contributed by atoms with E-state index in [2.05, 4.69) is 37.9 Å². The third-order valence-electron chi connectivity index (χ3n) is 5.19. The van der Waals surface area contributed by atoms with Crippen molar-refractivity contribution in [2.75, 3.05) is 18.9 Å². The van der Waals surface area contributed by atoms with Crippen molar-refractivity contribution in [3.63, 3.8) is 0 Å². The summed E-state index contributed by atoms with van der Waals surface area (Å²) >= 11 is 0. The van der Waals surface area contributed by atoms with Crippen molar-refractivity contribution in [3.8, 4) is 11.6 Å². The molecule has 0 radical (unpaired) electrons. The lowest BCUT2D eigenvalue weighted by atomic mass is 9.85. The molecule has 0 saturated carbocycles. The molecule has 3 aromatic rings. The van der Waals surface area contributed by atoms with Crippen LogP contribution in [0.15, 0.2) is 30.3 Å². The van der Waals surface area contributed by atoms with Crippen LogP contribution < -0.4 is 19.9 Å². The molecule has 0 bridgehead atoms. The second-order valence-electron chi connectivity index (χ2n) is 8.87. The summed E-state index contributed by atoms with van der Waals surface area (Å²) in [6, 6.07) is 9.29. The Hall–Kier alpha value is -3.16. The zero-order valence-corrected chi connectivity index (χ0v) is 19.7. The third kappa shape index (κ3) is 5.55. The highest BCUT2D eigenvalue weighted by Crippen LogP contribution is 2.28. The molecular weight excluding hydrogens is 406 g/mol. The van der Waals surface area contributed by atoms with Gasteiger partial charge >= 0.3 is 11.6 Å². The number of rotatable bonds is 10. The predicted molar refractivity (Wildman–Crippen MR) is 123 cm³/mol. The molecule has 2 heterocycles. The number of hydrogen-bond donors (Lipinski definition) is 1. The van der Waals surface area contributed by atoms with E-state index in [0.29, 0.717) is 36.1 Å². The van der Waals surface area contributed by atoms with Crippen LogP contribution in [0.1, 0.15) is 69.8 Å². The molecule has 1 aromatic carbocycles. The van der Waals surface area contributed by atoms with E-state index in [1.54, 1.807) is 16.8 Å². The summed E-state index contributed by atoms with van der Waals surface area (Å²) < 4.78 is 14.5. The van der Waals surface area contributed by atoms with E-state index in [9.17, 15) is 4.79 Å². The van der Waals surface area contributed by atoms with Gasteiger partial charge in [-0.2, -0.15) is 0 Å². The molecule has 0 fully saturated rings. The van der Waals surface area contributed by atoms with Crippen molar-refractivity contribution >= 4 is 17.4 Å². The first-order valence-corrected chi connectivity index (χ1v) is 11.2. The fourth-order valence-electron chi connectivity index (χ4n) is 3.37. The van der Waals surface area contributed by atoms with E-state index in [1.165, 1.54) is 4.52 Å². The fraction of sp³-hybridized carbons (Fsp3) is 0.500. The highest BCUT2D eigenvalue weighted by atomic mass is 16.5. The topological polar surface area (TPSA) is 95.6 Å². The highest BCUT2D eigenvalue weighted by molar-refractivity contribution is 5.95. The van der Waals surface area contributed by atoms with E-state index in [4.69, 9.17) is 15.2 Å². The van der Waals surface area contributed by atoms with Gasteiger partial charge in [0.15, 0.2) is 6.54 Å². The average Bonchev–Trinajstić information content (AvgIpc) is 3.05. The number of aromatic nitrogens is 4. The standard InChI is InChI=1S/C24H34N5O3/c1-6-8-9-12-32-21-10-11-22-28(27-23(25)29(22)26-21)16-20(30)17-13-18(24(3,4)5)15-19(14-17)31-7-2/h10-11,13-15H,6-9,12,16H2,1-5H3,(H2,25,27)/q+1. The number of nitrogens with zero attached hydrogens (tertiary/aromatic N) is 4. The number of ether oxygens (including phenoxy) is 2. The summed E-state index contributed by atoms with van der Waals surface area (Å²) in [5, 5.41) is 8.74. The number of Topliss-reactive ketones (excluding diaryl/α,β-unsaturated/α-hetero) is 1. The Morgan fingerprint density at radius 2 is 1.91 bits per heavy atom. The zero-order valence-electron chi connectivity index (χ0n) is 19.7. The Balaban J connectivity index is 1.84. The number of carbonyl (C=O) groups excluding carboxylic acids is 1. The lowest BCUT2D eigenvalue weighted by Gasteiger charge is -2.21. The number of anilines is 1. The minimum Gasteiger partial charge on any atom is -0.494 e. The summed E-state index contributed by atoms with van der Waals surface area (Å²) in [7, 11) is 0. The first kappa shape index (κ1) is 23.5. The smallest absolute Gasteiger partial charge is 0.355 e. The number of ketones is 1. The molecule has 0 aliphatic carbocycles.